The van der Waals surface area contributed by atoms with Crippen molar-refractivity contribution < 1.29 is 8.78 Å². The van der Waals surface area contributed by atoms with Crippen LogP contribution in [0.15, 0.2) is 48.5 Å². The molecule has 0 amide bonds. The molecular formula is C31H37ClF2. The Balaban J connectivity index is 1.31. The van der Waals surface area contributed by atoms with Gasteiger partial charge >= 0.3 is 0 Å². The smallest absolute Gasteiger partial charge is 0.142 e. The molecule has 0 atom stereocenters. The first-order valence-corrected chi connectivity index (χ1v) is 13.5. The van der Waals surface area contributed by atoms with Gasteiger partial charge in [0.25, 0.3) is 0 Å². The molecule has 34 heavy (non-hydrogen) atoms. The van der Waals surface area contributed by atoms with Gasteiger partial charge in [-0.3, -0.25) is 0 Å². The summed E-state index contributed by atoms with van der Waals surface area (Å²) in [6.45, 7) is 2.28. The molecule has 4 rings (SSSR count). The summed E-state index contributed by atoms with van der Waals surface area (Å²) in [4.78, 5) is 0. The minimum absolute atomic E-state index is 0.117. The lowest BCUT2D eigenvalue weighted by molar-refractivity contribution is 0.249. The topological polar surface area (TPSA) is 0 Å². The molecule has 3 aromatic carbocycles. The number of aryl methyl sites for hydroxylation is 3. The van der Waals surface area contributed by atoms with E-state index in [1.807, 2.05) is 18.2 Å². The molecule has 0 spiro atoms. The van der Waals surface area contributed by atoms with E-state index in [4.69, 9.17) is 11.6 Å². The van der Waals surface area contributed by atoms with E-state index < -0.39 is 5.82 Å². The van der Waals surface area contributed by atoms with Crippen molar-refractivity contribution in [1.82, 2.24) is 0 Å². The zero-order valence-corrected chi connectivity index (χ0v) is 21.1. The van der Waals surface area contributed by atoms with Crippen LogP contribution in [0.3, 0.4) is 0 Å². The minimum Gasteiger partial charge on any atom is -0.206 e. The molecule has 1 aliphatic rings. The fraction of sp³-hybridized carbons (Fsp3) is 0.484. The van der Waals surface area contributed by atoms with Crippen molar-refractivity contribution in [3.05, 3.63) is 81.9 Å². The number of halogens is 3. The normalized spacial score (nSPS) is 18.5. The first-order valence-electron chi connectivity index (χ1n) is 13.2. The molecule has 0 N–H and O–H groups in total. The van der Waals surface area contributed by atoms with E-state index in [1.165, 1.54) is 69.4 Å². The van der Waals surface area contributed by atoms with Crippen molar-refractivity contribution in [2.45, 2.75) is 84.0 Å². The van der Waals surface area contributed by atoms with Crippen LogP contribution < -0.4 is 0 Å². The Bertz CT molecular complexity index is 1080. The molecule has 0 bridgehead atoms. The van der Waals surface area contributed by atoms with Crippen LogP contribution in [0, 0.1) is 23.5 Å². The van der Waals surface area contributed by atoms with Crippen LogP contribution in [0.2, 0.25) is 5.02 Å². The van der Waals surface area contributed by atoms with Gasteiger partial charge in [0, 0.05) is 5.39 Å². The van der Waals surface area contributed by atoms with Crippen LogP contribution in [-0.2, 0) is 19.3 Å². The van der Waals surface area contributed by atoms with Crippen LogP contribution in [0.1, 0.15) is 81.4 Å². The lowest BCUT2D eigenvalue weighted by atomic mass is 9.77. The Morgan fingerprint density at radius 1 is 0.765 bits per heavy atom. The quantitative estimate of drug-likeness (QED) is 0.252. The number of unbranched alkanes of at least 4 members (excludes halogenated alkanes) is 2. The highest BCUT2D eigenvalue weighted by Crippen LogP contribution is 2.34. The second kappa shape index (κ2) is 12.2. The molecule has 0 unspecified atom stereocenters. The van der Waals surface area contributed by atoms with Gasteiger partial charge in [-0.1, -0.05) is 106 Å². The predicted octanol–water partition coefficient (Wildman–Crippen LogP) is 9.88. The van der Waals surface area contributed by atoms with Gasteiger partial charge in [-0.05, 0) is 71.7 Å². The largest absolute Gasteiger partial charge is 0.206 e. The Kier molecular flexibility index (Phi) is 9.00. The molecule has 3 aromatic rings. The number of benzene rings is 3. The van der Waals surface area contributed by atoms with E-state index in [0.717, 1.165) is 29.2 Å². The second-order valence-electron chi connectivity index (χ2n) is 10.3. The van der Waals surface area contributed by atoms with Crippen molar-refractivity contribution in [3.63, 3.8) is 0 Å². The molecule has 1 aliphatic carbocycles. The zero-order valence-electron chi connectivity index (χ0n) is 20.4. The maximum Gasteiger partial charge on any atom is 0.142 e. The van der Waals surface area contributed by atoms with Gasteiger partial charge in [0.05, 0.1) is 5.02 Å². The highest BCUT2D eigenvalue weighted by Gasteiger charge is 2.20. The third kappa shape index (κ3) is 6.60. The fourth-order valence-corrected chi connectivity index (χ4v) is 5.69. The van der Waals surface area contributed by atoms with Crippen molar-refractivity contribution in [2.24, 2.45) is 11.8 Å². The van der Waals surface area contributed by atoms with Crippen LogP contribution in [0.4, 0.5) is 8.78 Å². The van der Waals surface area contributed by atoms with Gasteiger partial charge in [-0.2, -0.15) is 0 Å². The predicted molar refractivity (Wildman–Crippen MR) is 141 cm³/mol. The third-order valence-corrected chi connectivity index (χ3v) is 8.10. The van der Waals surface area contributed by atoms with E-state index in [-0.39, 0.29) is 10.8 Å². The highest BCUT2D eigenvalue weighted by atomic mass is 35.5. The molecule has 0 radical (unpaired) electrons. The van der Waals surface area contributed by atoms with Crippen molar-refractivity contribution in [2.75, 3.05) is 0 Å². The SMILES string of the molecule is CCCCCC1CCC(CCc2ccc3c(F)c(CCc4ccc(Cl)c(F)c4)ccc3c2)CC1. The summed E-state index contributed by atoms with van der Waals surface area (Å²) in [7, 11) is 0. The van der Waals surface area contributed by atoms with Gasteiger partial charge < -0.3 is 0 Å². The average molecular weight is 483 g/mol. The first kappa shape index (κ1) is 25.2. The molecule has 0 saturated heterocycles. The Labute approximate surface area is 208 Å². The molecule has 0 aromatic heterocycles. The number of hydrogen-bond donors (Lipinski definition) is 0. The van der Waals surface area contributed by atoms with Gasteiger partial charge in [0.15, 0.2) is 0 Å². The van der Waals surface area contributed by atoms with Crippen molar-refractivity contribution >= 4 is 22.4 Å². The lowest BCUT2D eigenvalue weighted by Gasteiger charge is -2.28. The Hall–Kier alpha value is -1.93. The second-order valence-corrected chi connectivity index (χ2v) is 10.7. The van der Waals surface area contributed by atoms with E-state index in [2.05, 4.69) is 19.1 Å². The Morgan fingerprint density at radius 3 is 2.21 bits per heavy atom. The number of hydrogen-bond acceptors (Lipinski definition) is 0. The molecule has 182 valence electrons. The van der Waals surface area contributed by atoms with Crippen LogP contribution >= 0.6 is 11.6 Å². The molecule has 3 heteroatoms. The minimum atomic E-state index is -0.425. The van der Waals surface area contributed by atoms with Gasteiger partial charge in [0.1, 0.15) is 11.6 Å². The maximum atomic E-state index is 15.2. The lowest BCUT2D eigenvalue weighted by Crippen LogP contribution is -2.15. The van der Waals surface area contributed by atoms with Crippen LogP contribution in [-0.4, -0.2) is 0 Å². The summed E-state index contributed by atoms with van der Waals surface area (Å²) in [6.07, 6.45) is 14.5. The molecule has 0 heterocycles. The summed E-state index contributed by atoms with van der Waals surface area (Å²) in [6, 6.07) is 14.9. The zero-order chi connectivity index (χ0) is 23.9. The van der Waals surface area contributed by atoms with E-state index >= 15 is 4.39 Å². The van der Waals surface area contributed by atoms with E-state index in [0.29, 0.717) is 23.8 Å². The number of fused-ring (bicyclic) bond motifs is 1. The van der Waals surface area contributed by atoms with Crippen molar-refractivity contribution in [3.8, 4) is 0 Å². The van der Waals surface area contributed by atoms with Gasteiger partial charge in [0.2, 0.25) is 0 Å². The fourth-order valence-electron chi connectivity index (χ4n) is 5.57. The average Bonchev–Trinajstić information content (AvgIpc) is 2.85. The van der Waals surface area contributed by atoms with E-state index in [1.54, 1.807) is 12.1 Å². The van der Waals surface area contributed by atoms with Gasteiger partial charge in [-0.25, -0.2) is 8.78 Å². The summed E-state index contributed by atoms with van der Waals surface area (Å²) < 4.78 is 28.9. The standard InChI is InChI=1S/C31H37ClF2/c1-2-3-4-5-22-6-8-23(9-7-22)10-11-24-13-18-28-27(20-24)17-16-26(31(28)34)15-12-25-14-19-29(32)30(33)21-25/h13-14,16-23H,2-12,15H2,1H3. The third-order valence-electron chi connectivity index (χ3n) is 7.79. The summed E-state index contributed by atoms with van der Waals surface area (Å²) in [5.41, 5.74) is 2.81. The van der Waals surface area contributed by atoms with E-state index in [9.17, 15) is 4.39 Å². The monoisotopic (exact) mass is 482 g/mol. The Morgan fingerprint density at radius 2 is 1.47 bits per heavy atom. The van der Waals surface area contributed by atoms with Crippen LogP contribution in [0.25, 0.3) is 10.8 Å². The summed E-state index contributed by atoms with van der Waals surface area (Å²) in [5.74, 6) is 1.22. The summed E-state index contributed by atoms with van der Waals surface area (Å²) in [5, 5.41) is 1.76. The van der Waals surface area contributed by atoms with Crippen LogP contribution in [0.5, 0.6) is 0 Å². The maximum absolute atomic E-state index is 15.2. The van der Waals surface area contributed by atoms with Gasteiger partial charge in [-0.15, -0.1) is 0 Å². The molecule has 0 aliphatic heterocycles. The molecule has 1 fully saturated rings. The molecular weight excluding hydrogens is 446 g/mol. The number of rotatable bonds is 10. The molecule has 1 saturated carbocycles. The highest BCUT2D eigenvalue weighted by molar-refractivity contribution is 6.30. The first-order chi connectivity index (χ1) is 16.5. The summed E-state index contributed by atoms with van der Waals surface area (Å²) >= 11 is 5.76. The molecule has 0 nitrogen and oxygen atoms in total. The van der Waals surface area contributed by atoms with Crippen molar-refractivity contribution in [1.29, 1.82) is 0 Å².